The molecule has 132 valence electrons. The number of aryl methyl sites for hydroxylation is 1. The van der Waals surface area contributed by atoms with Crippen LogP contribution >= 0.6 is 0 Å². The molecule has 0 aliphatic heterocycles. The van der Waals surface area contributed by atoms with Gasteiger partial charge >= 0.3 is 18.1 Å². The highest BCUT2D eigenvalue weighted by atomic mass is 19.4. The number of nitrogens with zero attached hydrogens (tertiary/aromatic N) is 1. The van der Waals surface area contributed by atoms with Gasteiger partial charge in [0.1, 0.15) is 0 Å². The number of aliphatic carboxylic acids is 1. The van der Waals surface area contributed by atoms with Crippen LogP contribution in [0.1, 0.15) is 22.4 Å². The van der Waals surface area contributed by atoms with Crippen molar-refractivity contribution in [3.05, 3.63) is 53.1 Å². The number of H-pyrrole nitrogens is 1. The van der Waals surface area contributed by atoms with Gasteiger partial charge in [-0.25, -0.2) is 9.78 Å². The highest BCUT2D eigenvalue weighted by Crippen LogP contribution is 2.35. The Morgan fingerprint density at radius 2 is 1.83 bits per heavy atom. The van der Waals surface area contributed by atoms with Crippen LogP contribution in [0.2, 0.25) is 0 Å². The first-order valence-corrected chi connectivity index (χ1v) is 6.67. The molecule has 2 rings (SSSR count). The van der Waals surface area contributed by atoms with Crippen molar-refractivity contribution in [2.24, 2.45) is 0 Å². The Morgan fingerprint density at radius 3 is 2.25 bits per heavy atom. The zero-order chi connectivity index (χ0) is 18.5. The minimum atomic E-state index is -6.02. The lowest BCUT2D eigenvalue weighted by Gasteiger charge is -2.13. The molecule has 0 spiro atoms. The minimum Gasteiger partial charge on any atom is -0.477 e. The predicted octanol–water partition coefficient (Wildman–Crippen LogP) is 3.89. The van der Waals surface area contributed by atoms with E-state index in [-0.39, 0.29) is 0 Å². The number of aromatic amines is 1. The van der Waals surface area contributed by atoms with Gasteiger partial charge in [-0.05, 0) is 30.5 Å². The van der Waals surface area contributed by atoms with Gasteiger partial charge in [0.05, 0.1) is 12.0 Å². The Morgan fingerprint density at radius 1 is 1.21 bits per heavy atom. The van der Waals surface area contributed by atoms with Crippen LogP contribution < -0.4 is 0 Å². The predicted molar refractivity (Wildman–Crippen MR) is 75.9 cm³/mol. The summed E-state index contributed by atoms with van der Waals surface area (Å²) in [5.74, 6) is -8.84. The van der Waals surface area contributed by atoms with Gasteiger partial charge in [0, 0.05) is 12.6 Å². The van der Waals surface area contributed by atoms with Gasteiger partial charge in [0.25, 0.3) is 0 Å². The lowest BCUT2D eigenvalue weighted by atomic mass is 10.0. The Labute approximate surface area is 134 Å². The van der Waals surface area contributed by atoms with Crippen LogP contribution in [-0.2, 0) is 11.2 Å². The molecule has 0 bridgehead atoms. The molecule has 9 heteroatoms. The van der Waals surface area contributed by atoms with E-state index in [0.717, 1.165) is 12.1 Å². The van der Waals surface area contributed by atoms with Gasteiger partial charge in [-0.3, -0.25) is 0 Å². The Balaban J connectivity index is 0.000000257. The van der Waals surface area contributed by atoms with Crippen molar-refractivity contribution < 1.29 is 31.9 Å². The van der Waals surface area contributed by atoms with Gasteiger partial charge in [-0.1, -0.05) is 18.2 Å². The summed E-state index contributed by atoms with van der Waals surface area (Å²) in [5, 5.41) is 7.31. The van der Waals surface area contributed by atoms with E-state index in [0.29, 0.717) is 0 Å². The molecular weight excluding hydrogens is 335 g/mol. The van der Waals surface area contributed by atoms with E-state index in [2.05, 4.69) is 42.0 Å². The first-order valence-electron chi connectivity index (χ1n) is 6.67. The molecule has 2 aromatic rings. The van der Waals surface area contributed by atoms with Gasteiger partial charge in [0.2, 0.25) is 0 Å². The van der Waals surface area contributed by atoms with Crippen LogP contribution in [0.4, 0.5) is 22.0 Å². The van der Waals surface area contributed by atoms with E-state index in [1.807, 2.05) is 6.20 Å². The molecule has 0 fully saturated rings. The first kappa shape index (κ1) is 19.6. The molecule has 0 aliphatic rings. The summed E-state index contributed by atoms with van der Waals surface area (Å²) >= 11 is 0. The second-order valence-corrected chi connectivity index (χ2v) is 4.97. The Hall–Kier alpha value is -2.45. The van der Waals surface area contributed by atoms with Crippen LogP contribution in [0.25, 0.3) is 0 Å². The molecule has 0 amide bonds. The SMILES string of the molecule is Cc1cccc(Cc2c[nH]cn2)c1C.O=C(O)C(F)(F)C(F)(F)F. The maximum atomic E-state index is 11.3. The lowest BCUT2D eigenvalue weighted by Crippen LogP contribution is -2.43. The number of carboxylic acids is 1. The van der Waals surface area contributed by atoms with Gasteiger partial charge in [0.15, 0.2) is 0 Å². The number of hydrogen-bond acceptors (Lipinski definition) is 2. The van der Waals surface area contributed by atoms with Crippen LogP contribution in [0, 0.1) is 13.8 Å². The summed E-state index contributed by atoms with van der Waals surface area (Å²) in [6, 6.07) is 6.41. The number of nitrogens with one attached hydrogen (secondary N) is 1. The molecule has 0 atom stereocenters. The van der Waals surface area contributed by atoms with Crippen molar-refractivity contribution in [2.75, 3.05) is 0 Å². The molecule has 1 heterocycles. The molecule has 0 unspecified atom stereocenters. The van der Waals surface area contributed by atoms with Crippen LogP contribution in [0.15, 0.2) is 30.7 Å². The van der Waals surface area contributed by atoms with E-state index >= 15 is 0 Å². The number of halogens is 5. The van der Waals surface area contributed by atoms with Crippen LogP contribution in [0.5, 0.6) is 0 Å². The maximum absolute atomic E-state index is 11.3. The van der Waals surface area contributed by atoms with Crippen LogP contribution in [-0.4, -0.2) is 33.1 Å². The summed E-state index contributed by atoms with van der Waals surface area (Å²) in [7, 11) is 0. The quantitative estimate of drug-likeness (QED) is 0.826. The smallest absolute Gasteiger partial charge is 0.465 e. The maximum Gasteiger partial charge on any atom is 0.465 e. The third kappa shape index (κ3) is 4.77. The summed E-state index contributed by atoms with van der Waals surface area (Å²) in [4.78, 5) is 16.4. The Kier molecular flexibility index (Phi) is 6.05. The zero-order valence-corrected chi connectivity index (χ0v) is 12.8. The van der Waals surface area contributed by atoms with Crippen molar-refractivity contribution in [2.45, 2.75) is 32.4 Å². The molecule has 0 radical (unpaired) electrons. The Bertz CT molecular complexity index is 682. The molecule has 2 N–H and O–H groups in total. The number of imidazole rings is 1. The third-order valence-electron chi connectivity index (χ3n) is 3.27. The number of aromatic nitrogens is 2. The van der Waals surface area contributed by atoms with E-state index in [4.69, 9.17) is 5.11 Å². The first-order chi connectivity index (χ1) is 11.0. The zero-order valence-electron chi connectivity index (χ0n) is 12.8. The van der Waals surface area contributed by atoms with Crippen molar-refractivity contribution in [3.8, 4) is 0 Å². The van der Waals surface area contributed by atoms with Gasteiger partial charge in [-0.15, -0.1) is 0 Å². The standard InChI is InChI=1S/C12H14N2.C3HF5O2/c1-9-4-3-5-11(10(9)2)6-12-7-13-8-14-12;4-2(5,1(9)10)3(6,7)8/h3-5,7-8H,6H2,1-2H3,(H,13,14);(H,9,10). The summed E-state index contributed by atoms with van der Waals surface area (Å²) in [6.07, 6.45) is -1.43. The average molecular weight is 350 g/mol. The number of alkyl halides is 5. The van der Waals surface area contributed by atoms with E-state index < -0.39 is 18.1 Å². The van der Waals surface area contributed by atoms with E-state index in [1.54, 1.807) is 6.33 Å². The topological polar surface area (TPSA) is 66.0 Å². The third-order valence-corrected chi connectivity index (χ3v) is 3.27. The second-order valence-electron chi connectivity index (χ2n) is 4.97. The average Bonchev–Trinajstić information content (AvgIpc) is 2.96. The van der Waals surface area contributed by atoms with Crippen molar-refractivity contribution in [3.63, 3.8) is 0 Å². The molecular formula is C15H15F5N2O2. The highest BCUT2D eigenvalue weighted by Gasteiger charge is 2.64. The molecule has 1 aromatic carbocycles. The van der Waals surface area contributed by atoms with Gasteiger partial charge < -0.3 is 10.1 Å². The lowest BCUT2D eigenvalue weighted by molar-refractivity contribution is -0.277. The second kappa shape index (κ2) is 7.41. The number of rotatable bonds is 3. The molecule has 0 saturated heterocycles. The normalized spacial score (nSPS) is 11.6. The van der Waals surface area contributed by atoms with E-state index in [1.165, 1.54) is 16.7 Å². The number of hydrogen-bond donors (Lipinski definition) is 2. The summed E-state index contributed by atoms with van der Waals surface area (Å²) in [6.45, 7) is 4.31. The minimum absolute atomic E-state index is 0.914. The summed E-state index contributed by atoms with van der Waals surface area (Å²) < 4.78 is 55.5. The van der Waals surface area contributed by atoms with Crippen molar-refractivity contribution >= 4 is 5.97 Å². The fourth-order valence-electron chi connectivity index (χ4n) is 1.71. The number of carbonyl (C=O) groups is 1. The monoisotopic (exact) mass is 350 g/mol. The molecule has 0 saturated carbocycles. The highest BCUT2D eigenvalue weighted by molar-refractivity contribution is 5.76. The fraction of sp³-hybridized carbons (Fsp3) is 0.333. The van der Waals surface area contributed by atoms with Gasteiger partial charge in [-0.2, -0.15) is 22.0 Å². The fourth-order valence-corrected chi connectivity index (χ4v) is 1.71. The number of carboxylic acid groups (broad SMARTS) is 1. The molecule has 4 nitrogen and oxygen atoms in total. The largest absolute Gasteiger partial charge is 0.477 e. The molecule has 24 heavy (non-hydrogen) atoms. The van der Waals surface area contributed by atoms with Crippen molar-refractivity contribution in [1.29, 1.82) is 0 Å². The van der Waals surface area contributed by atoms with E-state index in [9.17, 15) is 26.7 Å². The molecule has 0 aliphatic carbocycles. The van der Waals surface area contributed by atoms with Crippen LogP contribution in [0.3, 0.4) is 0 Å². The summed E-state index contributed by atoms with van der Waals surface area (Å²) in [5.41, 5.74) is 5.17. The van der Waals surface area contributed by atoms with Crippen molar-refractivity contribution in [1.82, 2.24) is 9.97 Å². The molecule has 1 aromatic heterocycles. The number of benzene rings is 1.